The van der Waals surface area contributed by atoms with Gasteiger partial charge in [0.1, 0.15) is 0 Å². The van der Waals surface area contributed by atoms with Crippen LogP contribution in [0.2, 0.25) is 5.02 Å². The van der Waals surface area contributed by atoms with Crippen LogP contribution >= 0.6 is 11.6 Å². The van der Waals surface area contributed by atoms with Crippen molar-refractivity contribution in [2.75, 3.05) is 30.0 Å². The molecule has 0 bridgehead atoms. The van der Waals surface area contributed by atoms with E-state index in [2.05, 4.69) is 10.3 Å². The van der Waals surface area contributed by atoms with Crippen molar-refractivity contribution in [1.29, 1.82) is 0 Å². The minimum Gasteiger partial charge on any atom is -0.396 e. The Morgan fingerprint density at radius 2 is 1.89 bits per heavy atom. The third-order valence-electron chi connectivity index (χ3n) is 2.53. The van der Waals surface area contributed by atoms with E-state index in [4.69, 9.17) is 17.3 Å². The maximum Gasteiger partial charge on any atom is 0.153 e. The highest BCUT2D eigenvalue weighted by Crippen LogP contribution is 2.24. The molecule has 0 radical (unpaired) electrons. The average Bonchev–Trinajstić information content (AvgIpc) is 2.33. The number of hydrogen-bond acceptors (Lipinski definition) is 4. The predicted octanol–water partition coefficient (Wildman–Crippen LogP) is 3.13. The Bertz CT molecular complexity index is 537. The first-order valence-corrected chi connectivity index (χ1v) is 5.89. The smallest absolute Gasteiger partial charge is 0.153 e. The molecule has 0 spiro atoms. The van der Waals surface area contributed by atoms with Gasteiger partial charge in [0.05, 0.1) is 10.7 Å². The van der Waals surface area contributed by atoms with Crippen LogP contribution in [0, 0.1) is 0 Å². The highest BCUT2D eigenvalue weighted by Gasteiger charge is 2.02. The van der Waals surface area contributed by atoms with E-state index in [1.807, 2.05) is 43.3 Å². The zero-order chi connectivity index (χ0) is 13.1. The molecule has 3 N–H and O–H groups in total. The van der Waals surface area contributed by atoms with Gasteiger partial charge in [0.25, 0.3) is 0 Å². The standard InChI is InChI=1S/C13H15ClN4/c1-18(2)11-5-3-10(4-6-11)17-13-12(15)7-9(14)8-16-13/h3-8H,15H2,1-2H3,(H,16,17). The van der Waals surface area contributed by atoms with Crippen LogP contribution in [0.3, 0.4) is 0 Å². The molecule has 18 heavy (non-hydrogen) atoms. The summed E-state index contributed by atoms with van der Waals surface area (Å²) >= 11 is 5.80. The number of nitrogens with two attached hydrogens (primary N) is 1. The summed E-state index contributed by atoms with van der Waals surface area (Å²) in [6, 6.07) is 9.67. The second-order valence-corrected chi connectivity index (χ2v) is 4.59. The topological polar surface area (TPSA) is 54.2 Å². The number of pyridine rings is 1. The first-order valence-electron chi connectivity index (χ1n) is 5.51. The molecule has 0 saturated heterocycles. The maximum atomic E-state index is 5.83. The van der Waals surface area contributed by atoms with Crippen LogP contribution in [-0.2, 0) is 0 Å². The lowest BCUT2D eigenvalue weighted by atomic mass is 10.2. The van der Waals surface area contributed by atoms with Crippen molar-refractivity contribution in [3.8, 4) is 0 Å². The van der Waals surface area contributed by atoms with Gasteiger partial charge in [0.2, 0.25) is 0 Å². The first-order chi connectivity index (χ1) is 8.56. The van der Waals surface area contributed by atoms with Gasteiger partial charge in [-0.2, -0.15) is 0 Å². The molecule has 0 aliphatic heterocycles. The summed E-state index contributed by atoms with van der Waals surface area (Å²) < 4.78 is 0. The number of nitrogens with zero attached hydrogens (tertiary/aromatic N) is 2. The molecule has 0 amide bonds. The molecule has 2 aromatic rings. The molecule has 2 rings (SSSR count). The molecule has 4 nitrogen and oxygen atoms in total. The largest absolute Gasteiger partial charge is 0.396 e. The van der Waals surface area contributed by atoms with Crippen molar-refractivity contribution >= 4 is 34.5 Å². The third kappa shape index (κ3) is 2.84. The van der Waals surface area contributed by atoms with Crippen LogP contribution in [0.25, 0.3) is 0 Å². The molecule has 0 aliphatic rings. The van der Waals surface area contributed by atoms with Crippen molar-refractivity contribution in [3.05, 3.63) is 41.6 Å². The highest BCUT2D eigenvalue weighted by atomic mass is 35.5. The summed E-state index contributed by atoms with van der Waals surface area (Å²) in [5.74, 6) is 0.608. The number of anilines is 4. The number of nitrogens with one attached hydrogen (secondary N) is 1. The highest BCUT2D eigenvalue weighted by molar-refractivity contribution is 6.30. The molecule has 1 aromatic carbocycles. The van der Waals surface area contributed by atoms with Gasteiger partial charge in [-0.1, -0.05) is 11.6 Å². The molecule has 94 valence electrons. The summed E-state index contributed by atoms with van der Waals surface area (Å²) in [5, 5.41) is 3.68. The predicted molar refractivity (Wildman–Crippen MR) is 77.7 cm³/mol. The van der Waals surface area contributed by atoms with E-state index in [1.54, 1.807) is 12.3 Å². The van der Waals surface area contributed by atoms with Gasteiger partial charge >= 0.3 is 0 Å². The third-order valence-corrected chi connectivity index (χ3v) is 2.74. The van der Waals surface area contributed by atoms with Gasteiger partial charge in [-0.3, -0.25) is 0 Å². The number of benzene rings is 1. The van der Waals surface area contributed by atoms with E-state index in [0.717, 1.165) is 11.4 Å². The Labute approximate surface area is 111 Å². The maximum absolute atomic E-state index is 5.83. The van der Waals surface area contributed by atoms with Crippen LogP contribution in [0.5, 0.6) is 0 Å². The van der Waals surface area contributed by atoms with E-state index in [0.29, 0.717) is 16.5 Å². The van der Waals surface area contributed by atoms with E-state index in [9.17, 15) is 0 Å². The van der Waals surface area contributed by atoms with Crippen molar-refractivity contribution in [2.45, 2.75) is 0 Å². The van der Waals surface area contributed by atoms with Gasteiger partial charge in [0.15, 0.2) is 5.82 Å². The SMILES string of the molecule is CN(C)c1ccc(Nc2ncc(Cl)cc2N)cc1. The van der Waals surface area contributed by atoms with Gasteiger partial charge in [-0.25, -0.2) is 4.98 Å². The Hall–Kier alpha value is -1.94. The molecule has 0 atom stereocenters. The summed E-state index contributed by atoms with van der Waals surface area (Å²) in [6.45, 7) is 0. The van der Waals surface area contributed by atoms with Gasteiger partial charge < -0.3 is 16.0 Å². The second-order valence-electron chi connectivity index (χ2n) is 4.16. The minimum atomic E-state index is 0.527. The second kappa shape index (κ2) is 5.14. The molecule has 1 aromatic heterocycles. The van der Waals surface area contributed by atoms with Gasteiger partial charge in [0, 0.05) is 31.7 Å². The molecular weight excluding hydrogens is 248 g/mol. The van der Waals surface area contributed by atoms with Gasteiger partial charge in [-0.15, -0.1) is 0 Å². The number of nitrogen functional groups attached to an aromatic ring is 1. The van der Waals surface area contributed by atoms with Crippen LogP contribution in [0.1, 0.15) is 0 Å². The quantitative estimate of drug-likeness (QED) is 0.892. The molecule has 1 heterocycles. The van der Waals surface area contributed by atoms with E-state index < -0.39 is 0 Å². The fourth-order valence-electron chi connectivity index (χ4n) is 1.54. The average molecular weight is 263 g/mol. The Morgan fingerprint density at radius 1 is 1.22 bits per heavy atom. The molecule has 0 unspecified atom stereocenters. The zero-order valence-electron chi connectivity index (χ0n) is 10.3. The van der Waals surface area contributed by atoms with Crippen LogP contribution in [0.15, 0.2) is 36.5 Å². The normalized spacial score (nSPS) is 10.2. The van der Waals surface area contributed by atoms with Crippen molar-refractivity contribution in [2.24, 2.45) is 0 Å². The Balaban J connectivity index is 2.18. The molecular formula is C13H15ClN4. The minimum absolute atomic E-state index is 0.527. The van der Waals surface area contributed by atoms with Crippen molar-refractivity contribution < 1.29 is 0 Å². The zero-order valence-corrected chi connectivity index (χ0v) is 11.1. The van der Waals surface area contributed by atoms with Crippen LogP contribution in [-0.4, -0.2) is 19.1 Å². The van der Waals surface area contributed by atoms with Crippen LogP contribution in [0.4, 0.5) is 22.9 Å². The molecule has 0 fully saturated rings. The molecule has 0 aliphatic carbocycles. The number of aromatic nitrogens is 1. The first kappa shape index (κ1) is 12.5. The number of halogens is 1. The lowest BCUT2D eigenvalue weighted by molar-refractivity contribution is 1.13. The van der Waals surface area contributed by atoms with Crippen LogP contribution < -0.4 is 16.0 Å². The lowest BCUT2D eigenvalue weighted by Crippen LogP contribution is -2.08. The van der Waals surface area contributed by atoms with E-state index in [1.165, 1.54) is 0 Å². The fraction of sp³-hybridized carbons (Fsp3) is 0.154. The van der Waals surface area contributed by atoms with Gasteiger partial charge in [-0.05, 0) is 30.3 Å². The summed E-state index contributed by atoms with van der Waals surface area (Å²) in [5.41, 5.74) is 8.43. The number of hydrogen-bond donors (Lipinski definition) is 2. The van der Waals surface area contributed by atoms with Crippen molar-refractivity contribution in [3.63, 3.8) is 0 Å². The number of rotatable bonds is 3. The lowest BCUT2D eigenvalue weighted by Gasteiger charge is -2.13. The molecule has 0 saturated carbocycles. The summed E-state index contributed by atoms with van der Waals surface area (Å²) in [4.78, 5) is 6.19. The Kier molecular flexibility index (Phi) is 3.58. The fourth-order valence-corrected chi connectivity index (χ4v) is 1.71. The Morgan fingerprint density at radius 3 is 2.44 bits per heavy atom. The summed E-state index contributed by atoms with van der Waals surface area (Å²) in [6.07, 6.45) is 1.56. The van der Waals surface area contributed by atoms with Crippen molar-refractivity contribution in [1.82, 2.24) is 4.98 Å². The summed E-state index contributed by atoms with van der Waals surface area (Å²) in [7, 11) is 4.00. The molecule has 5 heteroatoms. The van der Waals surface area contributed by atoms with E-state index >= 15 is 0 Å². The monoisotopic (exact) mass is 262 g/mol. The van der Waals surface area contributed by atoms with E-state index in [-0.39, 0.29) is 0 Å².